The first-order valence-corrected chi connectivity index (χ1v) is 19.0. The number of methoxy groups -OCH3 is 1. The third-order valence-electron chi connectivity index (χ3n) is 8.59. The standard InChI is InChI=1S/C40H43N7O9S/c1-7-55-45-31(18-33(49)56-40(3,4)5)36(50)44-34-37(51)47-35(39(52)54-21-25-8-10-29(53-6)11-9-25)28(22-57-38(34)47)20-46-14-12-26(13-15-46)27-17-30(42-19-27)24(2)16-32(48)43-23-41/h8-17,19,34,38H,7,18,20-22H2,1-6H3,(H2,43,44,48,50)/p+1/b24-16-,45-31+. The van der Waals surface area contributed by atoms with Crippen LogP contribution < -0.4 is 19.9 Å². The molecule has 2 unspecified atom stereocenters. The van der Waals surface area contributed by atoms with Crippen molar-refractivity contribution >= 4 is 52.7 Å². The van der Waals surface area contributed by atoms with E-state index in [4.69, 9.17) is 24.3 Å². The molecule has 2 aliphatic rings. The first-order valence-electron chi connectivity index (χ1n) is 17.9. The van der Waals surface area contributed by atoms with Crippen molar-refractivity contribution in [1.82, 2.24) is 20.5 Å². The van der Waals surface area contributed by atoms with Gasteiger partial charge in [0.25, 0.3) is 17.7 Å². The number of H-pyrrole nitrogens is 1. The van der Waals surface area contributed by atoms with Gasteiger partial charge >= 0.3 is 11.9 Å². The second-order valence-corrected chi connectivity index (χ2v) is 15.1. The Kier molecular flexibility index (Phi) is 13.5. The molecule has 17 heteroatoms. The van der Waals surface area contributed by atoms with Gasteiger partial charge in [-0.25, -0.2) is 9.36 Å². The van der Waals surface area contributed by atoms with Gasteiger partial charge < -0.3 is 29.3 Å². The van der Waals surface area contributed by atoms with Crippen LogP contribution in [-0.4, -0.2) is 81.7 Å². The Morgan fingerprint density at radius 2 is 1.84 bits per heavy atom. The number of rotatable bonds is 15. The van der Waals surface area contributed by atoms with E-state index in [1.807, 2.05) is 35.2 Å². The monoisotopic (exact) mass is 798 g/mol. The molecule has 16 nitrogen and oxygen atoms in total. The minimum absolute atomic E-state index is 0.0559. The number of benzene rings is 1. The number of carbonyl (C=O) groups is 5. The van der Waals surface area contributed by atoms with Gasteiger partial charge in [-0.2, -0.15) is 5.26 Å². The fourth-order valence-corrected chi connectivity index (χ4v) is 7.23. The van der Waals surface area contributed by atoms with E-state index in [2.05, 4.69) is 20.8 Å². The number of amides is 3. The third kappa shape index (κ3) is 10.7. The molecule has 1 saturated heterocycles. The number of nitrogens with zero attached hydrogens (tertiary/aromatic N) is 4. The van der Waals surface area contributed by atoms with Gasteiger partial charge in [-0.05, 0) is 69.5 Å². The molecule has 0 saturated carbocycles. The summed E-state index contributed by atoms with van der Waals surface area (Å²) in [5, 5.41) is 16.6. The number of aromatic amines is 1. The van der Waals surface area contributed by atoms with Crippen molar-refractivity contribution in [1.29, 1.82) is 5.26 Å². The summed E-state index contributed by atoms with van der Waals surface area (Å²) >= 11 is 1.38. The summed E-state index contributed by atoms with van der Waals surface area (Å²) in [6.45, 7) is 8.87. The van der Waals surface area contributed by atoms with Crippen LogP contribution in [0.5, 0.6) is 5.75 Å². The van der Waals surface area contributed by atoms with Crippen molar-refractivity contribution in [3.05, 3.63) is 89.7 Å². The summed E-state index contributed by atoms with van der Waals surface area (Å²) in [6.07, 6.45) is 7.96. The highest BCUT2D eigenvalue weighted by atomic mass is 32.2. The summed E-state index contributed by atoms with van der Waals surface area (Å²) in [5.41, 5.74) is 3.50. The molecule has 0 radical (unpaired) electrons. The number of esters is 2. The van der Waals surface area contributed by atoms with Crippen LogP contribution in [0.1, 0.15) is 52.3 Å². The molecule has 0 bridgehead atoms. The highest BCUT2D eigenvalue weighted by Crippen LogP contribution is 2.41. The Bertz CT molecular complexity index is 2150. The lowest BCUT2D eigenvalue weighted by molar-refractivity contribution is -0.689. The van der Waals surface area contributed by atoms with E-state index in [1.165, 1.54) is 22.7 Å². The molecule has 5 rings (SSSR count). The normalized spacial score (nSPS) is 16.8. The topological polar surface area (TPSA) is 205 Å². The SMILES string of the molecule is CCO/N=C(\CC(=O)OC(C)(C)C)C(=O)NC1C(=O)N2C(C(=O)OCc3ccc(OC)cc3)=C(C[n+]3ccc(-c4c[nH]c(/C(C)=C\C(=O)NC#N)c4)cc3)CSC12. The van der Waals surface area contributed by atoms with E-state index in [-0.39, 0.29) is 31.2 Å². The highest BCUT2D eigenvalue weighted by molar-refractivity contribution is 8.00. The van der Waals surface area contributed by atoms with Crippen LogP contribution >= 0.6 is 11.8 Å². The third-order valence-corrected chi connectivity index (χ3v) is 9.93. The molecule has 0 aliphatic carbocycles. The Hall–Kier alpha value is -6.41. The molecule has 3 amide bonds. The Labute approximate surface area is 333 Å². The minimum atomic E-state index is -1.02. The van der Waals surface area contributed by atoms with Crippen LogP contribution in [0.3, 0.4) is 0 Å². The summed E-state index contributed by atoms with van der Waals surface area (Å²) in [4.78, 5) is 75.0. The van der Waals surface area contributed by atoms with Gasteiger partial charge in [-0.15, -0.1) is 11.8 Å². The summed E-state index contributed by atoms with van der Waals surface area (Å²) in [7, 11) is 1.55. The molecule has 0 spiro atoms. The number of nitrogens with one attached hydrogen (secondary N) is 3. The zero-order valence-corrected chi connectivity index (χ0v) is 33.2. The number of allylic oxidation sites excluding steroid dienone is 1. The summed E-state index contributed by atoms with van der Waals surface area (Å²) < 4.78 is 18.2. The molecule has 4 heterocycles. The van der Waals surface area contributed by atoms with Gasteiger partial charge in [0.05, 0.1) is 13.5 Å². The molecule has 3 N–H and O–H groups in total. The fraction of sp³-hybridized carbons (Fsp3) is 0.350. The van der Waals surface area contributed by atoms with Crippen molar-refractivity contribution in [3.63, 3.8) is 0 Å². The average molecular weight is 799 g/mol. The smallest absolute Gasteiger partial charge is 0.355 e. The molecule has 3 aromatic rings. The maximum Gasteiger partial charge on any atom is 0.355 e. The number of carbonyl (C=O) groups excluding carboxylic acids is 5. The van der Waals surface area contributed by atoms with E-state index in [0.29, 0.717) is 33.9 Å². The number of β-lactam (4-membered cyclic amide) rings is 1. The first kappa shape index (κ1) is 41.7. The van der Waals surface area contributed by atoms with E-state index in [1.54, 1.807) is 78.4 Å². The molecular formula is C40H44N7O9S+. The van der Waals surface area contributed by atoms with Gasteiger partial charge in [0.15, 0.2) is 30.8 Å². The number of hydrogen-bond donors (Lipinski definition) is 3. The van der Waals surface area contributed by atoms with E-state index >= 15 is 0 Å². The Morgan fingerprint density at radius 1 is 1.12 bits per heavy atom. The Morgan fingerprint density at radius 3 is 2.49 bits per heavy atom. The van der Waals surface area contributed by atoms with Crippen molar-refractivity contribution in [2.24, 2.45) is 5.16 Å². The molecule has 2 atom stereocenters. The van der Waals surface area contributed by atoms with Gasteiger partial charge in [-0.1, -0.05) is 17.3 Å². The maximum atomic E-state index is 13.9. The van der Waals surface area contributed by atoms with Crippen molar-refractivity contribution in [2.45, 2.75) is 71.2 Å². The quantitative estimate of drug-likeness (QED) is 0.0297. The van der Waals surface area contributed by atoms with Crippen LogP contribution in [-0.2, 0) is 51.4 Å². The molecule has 2 aromatic heterocycles. The number of ether oxygens (including phenoxy) is 3. The maximum absolute atomic E-state index is 13.9. The average Bonchev–Trinajstić information content (AvgIpc) is 3.68. The van der Waals surface area contributed by atoms with Gasteiger partial charge in [0.1, 0.15) is 41.7 Å². The molecule has 1 aromatic carbocycles. The van der Waals surface area contributed by atoms with Crippen molar-refractivity contribution < 1.29 is 47.6 Å². The molecule has 2 aliphatic heterocycles. The molecule has 298 valence electrons. The Balaban J connectivity index is 1.36. The zero-order valence-electron chi connectivity index (χ0n) is 32.4. The predicted molar refractivity (Wildman–Crippen MR) is 208 cm³/mol. The first-order chi connectivity index (χ1) is 27.2. The van der Waals surface area contributed by atoms with E-state index in [0.717, 1.165) is 11.1 Å². The number of fused-ring (bicyclic) bond motifs is 1. The van der Waals surface area contributed by atoms with Crippen LogP contribution in [0.4, 0.5) is 0 Å². The van der Waals surface area contributed by atoms with Gasteiger partial charge in [-0.3, -0.25) is 29.4 Å². The second-order valence-electron chi connectivity index (χ2n) is 13.9. The fourth-order valence-electron chi connectivity index (χ4n) is 5.90. The number of pyridine rings is 1. The number of hydrogen-bond acceptors (Lipinski definition) is 12. The molecule has 57 heavy (non-hydrogen) atoms. The molecule has 1 fully saturated rings. The summed E-state index contributed by atoms with van der Waals surface area (Å²) in [6, 6.07) is 11.7. The largest absolute Gasteiger partial charge is 0.497 e. The zero-order chi connectivity index (χ0) is 41.3. The number of nitriles is 1. The lowest BCUT2D eigenvalue weighted by atomic mass is 10.0. The van der Waals surface area contributed by atoms with Crippen LogP contribution in [0, 0.1) is 11.5 Å². The lowest BCUT2D eigenvalue weighted by Gasteiger charge is -2.49. The summed E-state index contributed by atoms with van der Waals surface area (Å²) in [5.74, 6) is -2.21. The van der Waals surface area contributed by atoms with Crippen molar-refractivity contribution in [3.8, 4) is 23.1 Å². The van der Waals surface area contributed by atoms with Crippen LogP contribution in [0.15, 0.2) is 83.6 Å². The van der Waals surface area contributed by atoms with Crippen LogP contribution in [0.25, 0.3) is 16.7 Å². The predicted octanol–water partition coefficient (Wildman–Crippen LogP) is 3.50. The number of aromatic nitrogens is 2. The van der Waals surface area contributed by atoms with E-state index < -0.39 is 53.1 Å². The van der Waals surface area contributed by atoms with Crippen molar-refractivity contribution in [2.75, 3.05) is 19.5 Å². The molecular weight excluding hydrogens is 755 g/mol. The van der Waals surface area contributed by atoms with Gasteiger partial charge in [0, 0.05) is 47.0 Å². The number of thioether (sulfide) groups is 1. The van der Waals surface area contributed by atoms with Gasteiger partial charge in [0.2, 0.25) is 0 Å². The second kappa shape index (κ2) is 18.5. The van der Waals surface area contributed by atoms with E-state index in [9.17, 15) is 24.0 Å². The van der Waals surface area contributed by atoms with Crippen LogP contribution in [0.2, 0.25) is 0 Å². The lowest BCUT2D eigenvalue weighted by Crippen LogP contribution is -2.71. The number of oxime groups is 1. The highest BCUT2D eigenvalue weighted by Gasteiger charge is 2.55. The minimum Gasteiger partial charge on any atom is -0.497 e.